The van der Waals surface area contributed by atoms with Gasteiger partial charge in [-0.3, -0.25) is 4.90 Å². The third kappa shape index (κ3) is 4.14. The van der Waals surface area contributed by atoms with Crippen LogP contribution >= 0.6 is 0 Å². The van der Waals surface area contributed by atoms with E-state index in [-0.39, 0.29) is 6.03 Å². The van der Waals surface area contributed by atoms with E-state index in [0.29, 0.717) is 6.54 Å². The lowest BCUT2D eigenvalue weighted by Gasteiger charge is -2.34. The van der Waals surface area contributed by atoms with Crippen molar-refractivity contribution in [3.05, 3.63) is 53.5 Å². The summed E-state index contributed by atoms with van der Waals surface area (Å²) in [6, 6.07) is 10.2. The number of fused-ring (bicyclic) bond motifs is 1. The van der Waals surface area contributed by atoms with Crippen LogP contribution in [0.25, 0.3) is 10.9 Å². The molecule has 7 heteroatoms. The van der Waals surface area contributed by atoms with Crippen molar-refractivity contribution in [3.63, 3.8) is 0 Å². The van der Waals surface area contributed by atoms with Gasteiger partial charge < -0.3 is 19.7 Å². The molecule has 0 unspecified atom stereocenters. The van der Waals surface area contributed by atoms with Crippen LogP contribution in [0.5, 0.6) is 0 Å². The van der Waals surface area contributed by atoms with Crippen molar-refractivity contribution in [2.75, 3.05) is 32.7 Å². The van der Waals surface area contributed by atoms with E-state index in [0.717, 1.165) is 56.1 Å². The van der Waals surface area contributed by atoms with Gasteiger partial charge in [0.15, 0.2) is 5.76 Å². The third-order valence-corrected chi connectivity index (χ3v) is 5.06. The lowest BCUT2D eigenvalue weighted by Crippen LogP contribution is -2.51. The van der Waals surface area contributed by atoms with Crippen LogP contribution in [0.1, 0.15) is 17.0 Å². The van der Waals surface area contributed by atoms with Gasteiger partial charge in [-0.05, 0) is 25.0 Å². The second-order valence-electron chi connectivity index (χ2n) is 7.04. The Morgan fingerprint density at radius 2 is 2.07 bits per heavy atom. The molecule has 1 saturated heterocycles. The maximum Gasteiger partial charge on any atom is 0.317 e. The highest BCUT2D eigenvalue weighted by atomic mass is 16.5. The zero-order chi connectivity index (χ0) is 18.6. The molecule has 0 bridgehead atoms. The molecule has 1 aliphatic heterocycles. The highest BCUT2D eigenvalue weighted by molar-refractivity contribution is 5.83. The van der Waals surface area contributed by atoms with Gasteiger partial charge in [0, 0.05) is 55.9 Å². The van der Waals surface area contributed by atoms with Crippen LogP contribution in [0.2, 0.25) is 0 Å². The Morgan fingerprint density at radius 3 is 2.85 bits per heavy atom. The van der Waals surface area contributed by atoms with E-state index in [9.17, 15) is 4.79 Å². The summed E-state index contributed by atoms with van der Waals surface area (Å²) in [6.45, 7) is 6.45. The number of H-pyrrole nitrogens is 1. The lowest BCUT2D eigenvalue weighted by molar-refractivity contribution is 0.128. The lowest BCUT2D eigenvalue weighted by atomic mass is 10.1. The number of nitrogens with one attached hydrogen (secondary N) is 2. The molecule has 0 spiro atoms. The second kappa shape index (κ2) is 7.84. The number of aryl methyl sites for hydroxylation is 1. The molecule has 142 valence electrons. The molecule has 0 saturated carbocycles. The molecule has 3 aromatic rings. The summed E-state index contributed by atoms with van der Waals surface area (Å²) in [4.78, 5) is 19.9. The highest BCUT2D eigenvalue weighted by Gasteiger charge is 2.21. The van der Waals surface area contributed by atoms with Gasteiger partial charge in [-0.25, -0.2) is 4.79 Å². The van der Waals surface area contributed by atoms with Crippen LogP contribution < -0.4 is 5.32 Å². The Bertz CT molecular complexity index is 908. The smallest absolute Gasteiger partial charge is 0.317 e. The number of carbonyl (C=O) groups is 1. The molecule has 1 aliphatic rings. The van der Waals surface area contributed by atoms with Gasteiger partial charge in [-0.15, -0.1) is 0 Å². The maximum atomic E-state index is 12.4. The number of benzene rings is 1. The summed E-state index contributed by atoms with van der Waals surface area (Å²) in [6.07, 6.45) is 2.85. The van der Waals surface area contributed by atoms with Crippen molar-refractivity contribution >= 4 is 16.9 Å². The van der Waals surface area contributed by atoms with Gasteiger partial charge in [0.1, 0.15) is 0 Å². The molecule has 2 N–H and O–H groups in total. The standard InChI is InChI=1S/C20H25N5O2/c1-15-12-17(27-23-15)14-24-8-10-25(11-9-24)20(26)21-7-6-16-13-22-19-5-3-2-4-18(16)19/h2-5,12-13,22H,6-11,14H2,1H3,(H,21,26). The zero-order valence-electron chi connectivity index (χ0n) is 15.6. The minimum Gasteiger partial charge on any atom is -0.361 e. The first-order chi connectivity index (χ1) is 13.2. The first kappa shape index (κ1) is 17.6. The van der Waals surface area contributed by atoms with Gasteiger partial charge in [0.2, 0.25) is 0 Å². The molecule has 1 aromatic carbocycles. The maximum absolute atomic E-state index is 12.4. The molecule has 0 aliphatic carbocycles. The Kier molecular flexibility index (Phi) is 5.11. The summed E-state index contributed by atoms with van der Waals surface area (Å²) in [5.41, 5.74) is 3.27. The number of carbonyl (C=O) groups excluding carboxylic acids is 1. The van der Waals surface area contributed by atoms with Crippen molar-refractivity contribution in [1.29, 1.82) is 0 Å². The number of piperazine rings is 1. The normalized spacial score (nSPS) is 15.4. The van der Waals surface area contributed by atoms with Crippen LogP contribution in [-0.2, 0) is 13.0 Å². The van der Waals surface area contributed by atoms with Crippen LogP contribution in [0.15, 0.2) is 41.1 Å². The zero-order valence-corrected chi connectivity index (χ0v) is 15.6. The summed E-state index contributed by atoms with van der Waals surface area (Å²) in [7, 11) is 0. The van der Waals surface area contributed by atoms with E-state index in [2.05, 4.69) is 32.5 Å². The molecule has 2 aromatic heterocycles. The number of amides is 2. The molecule has 3 heterocycles. The summed E-state index contributed by atoms with van der Waals surface area (Å²) < 4.78 is 5.27. The van der Waals surface area contributed by atoms with Crippen molar-refractivity contribution in [2.45, 2.75) is 19.9 Å². The van der Waals surface area contributed by atoms with Crippen LogP contribution in [0, 0.1) is 6.92 Å². The molecule has 0 radical (unpaired) electrons. The molecule has 4 rings (SSSR count). The summed E-state index contributed by atoms with van der Waals surface area (Å²) in [5.74, 6) is 0.879. The van der Waals surface area contributed by atoms with E-state index in [1.807, 2.05) is 36.2 Å². The van der Waals surface area contributed by atoms with Gasteiger partial charge >= 0.3 is 6.03 Å². The Morgan fingerprint density at radius 1 is 1.26 bits per heavy atom. The Hall–Kier alpha value is -2.80. The Balaban J connectivity index is 1.21. The van der Waals surface area contributed by atoms with Crippen molar-refractivity contribution < 1.29 is 9.32 Å². The minimum absolute atomic E-state index is 0.0185. The first-order valence-electron chi connectivity index (χ1n) is 9.41. The van der Waals surface area contributed by atoms with E-state index >= 15 is 0 Å². The number of aromatic amines is 1. The molecular weight excluding hydrogens is 342 g/mol. The quantitative estimate of drug-likeness (QED) is 0.726. The van der Waals surface area contributed by atoms with Crippen LogP contribution in [0.3, 0.4) is 0 Å². The average molecular weight is 367 g/mol. The largest absolute Gasteiger partial charge is 0.361 e. The van der Waals surface area contributed by atoms with Gasteiger partial charge in [0.05, 0.1) is 12.2 Å². The SMILES string of the molecule is Cc1cc(CN2CCN(C(=O)NCCc3c[nH]c4ccccc34)CC2)on1. The fourth-order valence-corrected chi connectivity index (χ4v) is 3.57. The number of aromatic nitrogens is 2. The second-order valence-corrected chi connectivity index (χ2v) is 7.04. The number of rotatable bonds is 5. The third-order valence-electron chi connectivity index (χ3n) is 5.06. The molecule has 7 nitrogen and oxygen atoms in total. The first-order valence-corrected chi connectivity index (χ1v) is 9.41. The summed E-state index contributed by atoms with van der Waals surface area (Å²) in [5, 5.41) is 8.19. The van der Waals surface area contributed by atoms with E-state index in [1.54, 1.807) is 0 Å². The van der Waals surface area contributed by atoms with Gasteiger partial charge in [-0.1, -0.05) is 23.4 Å². The van der Waals surface area contributed by atoms with E-state index < -0.39 is 0 Å². The Labute approximate surface area is 158 Å². The van der Waals surface area contributed by atoms with Crippen LogP contribution in [-0.4, -0.2) is 58.7 Å². The summed E-state index contributed by atoms with van der Waals surface area (Å²) >= 11 is 0. The number of hydrogen-bond acceptors (Lipinski definition) is 4. The topological polar surface area (TPSA) is 77.4 Å². The number of hydrogen-bond donors (Lipinski definition) is 2. The minimum atomic E-state index is 0.0185. The van der Waals surface area contributed by atoms with Crippen LogP contribution in [0.4, 0.5) is 4.79 Å². The highest BCUT2D eigenvalue weighted by Crippen LogP contribution is 2.17. The molecule has 2 amide bonds. The van der Waals surface area contributed by atoms with Gasteiger partial charge in [-0.2, -0.15) is 0 Å². The molecule has 27 heavy (non-hydrogen) atoms. The fourth-order valence-electron chi connectivity index (χ4n) is 3.57. The predicted octanol–water partition coefficient (Wildman–Crippen LogP) is 2.53. The monoisotopic (exact) mass is 367 g/mol. The molecule has 0 atom stereocenters. The van der Waals surface area contributed by atoms with Gasteiger partial charge in [0.25, 0.3) is 0 Å². The molecule has 1 fully saturated rings. The number of para-hydroxylation sites is 1. The van der Waals surface area contributed by atoms with Crippen molar-refractivity contribution in [2.24, 2.45) is 0 Å². The average Bonchev–Trinajstić information content (AvgIpc) is 3.28. The van der Waals surface area contributed by atoms with E-state index in [4.69, 9.17) is 4.52 Å². The fraction of sp³-hybridized carbons (Fsp3) is 0.400. The molecular formula is C20H25N5O2. The predicted molar refractivity (Wildman–Crippen MR) is 103 cm³/mol. The van der Waals surface area contributed by atoms with Crippen molar-refractivity contribution in [3.8, 4) is 0 Å². The number of nitrogens with zero attached hydrogens (tertiary/aromatic N) is 3. The number of urea groups is 1. The van der Waals surface area contributed by atoms with Crippen molar-refractivity contribution in [1.82, 2.24) is 25.3 Å². The van der Waals surface area contributed by atoms with E-state index in [1.165, 1.54) is 10.9 Å².